The van der Waals surface area contributed by atoms with E-state index in [1.807, 2.05) is 0 Å². The lowest BCUT2D eigenvalue weighted by Crippen LogP contribution is -2.27. The maximum Gasteiger partial charge on any atom is 0.319 e. The van der Waals surface area contributed by atoms with Crippen LogP contribution in [-0.4, -0.2) is 33.3 Å². The first kappa shape index (κ1) is 17.8. The van der Waals surface area contributed by atoms with Crippen LogP contribution >= 0.6 is 11.3 Å². The van der Waals surface area contributed by atoms with Gasteiger partial charge in [-0.3, -0.25) is 14.2 Å². The number of anilines is 1. The van der Waals surface area contributed by atoms with E-state index in [0.29, 0.717) is 14.4 Å². The number of halogens is 2. The summed E-state index contributed by atoms with van der Waals surface area (Å²) < 4.78 is 31.4. The van der Waals surface area contributed by atoms with Crippen molar-refractivity contribution in [1.82, 2.24) is 14.5 Å². The Hall–Kier alpha value is -3.01. The van der Waals surface area contributed by atoms with Gasteiger partial charge in [0.1, 0.15) is 5.82 Å². The molecule has 0 spiro atoms. The first-order chi connectivity index (χ1) is 12.5. The van der Waals surface area contributed by atoms with Crippen LogP contribution in [0.4, 0.5) is 13.8 Å². The second kappa shape index (κ2) is 7.48. The first-order valence-electron chi connectivity index (χ1n) is 7.45. The number of rotatable bonds is 6. The molecule has 1 N–H and O–H groups in total. The fourth-order valence-electron chi connectivity index (χ4n) is 2.22. The lowest BCUT2D eigenvalue weighted by Gasteiger charge is -2.16. The van der Waals surface area contributed by atoms with Crippen molar-refractivity contribution in [2.75, 3.05) is 12.4 Å². The van der Waals surface area contributed by atoms with E-state index < -0.39 is 12.5 Å². The number of thiophene rings is 1. The number of nitrogens with one attached hydrogen (secondary N) is 1. The molecule has 26 heavy (non-hydrogen) atoms. The summed E-state index contributed by atoms with van der Waals surface area (Å²) in [6.07, 6.45) is 3.80. The Morgan fingerprint density at radius 3 is 2.88 bits per heavy atom. The lowest BCUT2D eigenvalue weighted by molar-refractivity contribution is 0.0613. The molecule has 3 aromatic rings. The van der Waals surface area contributed by atoms with Crippen molar-refractivity contribution in [1.29, 1.82) is 0 Å². The van der Waals surface area contributed by atoms with Gasteiger partial charge in [-0.05, 0) is 24.3 Å². The van der Waals surface area contributed by atoms with Crippen LogP contribution in [0.1, 0.15) is 32.6 Å². The van der Waals surface area contributed by atoms with Crippen LogP contribution in [0, 0.1) is 0 Å². The fraction of sp³-hybridized carbons (Fsp3) is 0.188. The van der Waals surface area contributed by atoms with Gasteiger partial charge in [0, 0.05) is 19.4 Å². The van der Waals surface area contributed by atoms with E-state index in [1.54, 1.807) is 18.2 Å². The minimum Gasteiger partial charge on any atom is -0.459 e. The second-order valence-corrected chi connectivity index (χ2v) is 6.37. The van der Waals surface area contributed by atoms with E-state index in [0.717, 1.165) is 17.5 Å². The molecule has 10 heteroatoms. The minimum absolute atomic E-state index is 0.0673. The number of furan rings is 1. The number of aromatic nitrogens is 2. The summed E-state index contributed by atoms with van der Waals surface area (Å²) in [5.74, 6) is -0.554. The van der Waals surface area contributed by atoms with Crippen LogP contribution in [-0.2, 0) is 6.54 Å². The molecule has 0 bridgehead atoms. The molecule has 0 aliphatic heterocycles. The molecular weight excluding hydrogens is 366 g/mol. The smallest absolute Gasteiger partial charge is 0.319 e. The van der Waals surface area contributed by atoms with Gasteiger partial charge in [0.05, 0.1) is 22.7 Å². The average Bonchev–Trinajstić information content (AvgIpc) is 3.35. The summed E-state index contributed by atoms with van der Waals surface area (Å²) in [5.41, 5.74) is 0. The molecule has 0 saturated heterocycles. The van der Waals surface area contributed by atoms with Gasteiger partial charge in [-0.15, -0.1) is 11.3 Å². The van der Waals surface area contributed by atoms with Gasteiger partial charge in [-0.25, -0.2) is 4.98 Å². The topological polar surface area (TPSA) is 80.4 Å². The summed E-state index contributed by atoms with van der Waals surface area (Å²) in [6.45, 7) is -2.79. The highest BCUT2D eigenvalue weighted by Gasteiger charge is 2.19. The van der Waals surface area contributed by atoms with Crippen LogP contribution in [0.25, 0.3) is 0 Å². The lowest BCUT2D eigenvalue weighted by atomic mass is 10.4. The van der Waals surface area contributed by atoms with Gasteiger partial charge in [0.2, 0.25) is 0 Å². The highest BCUT2D eigenvalue weighted by atomic mass is 32.1. The van der Waals surface area contributed by atoms with Crippen molar-refractivity contribution in [3.63, 3.8) is 0 Å². The number of imidazole rings is 1. The third kappa shape index (κ3) is 3.80. The standard InChI is InChI=1S/C16H14F2N4O3S/c1-21(9-12-19-6-7-22(12)16(17)18)15(24)11-4-5-13(26-11)20-14(23)10-3-2-8-25-10/h2-8,16H,9H2,1H3,(H,20,23). The molecule has 3 rings (SSSR count). The van der Waals surface area contributed by atoms with Crippen LogP contribution in [0.2, 0.25) is 0 Å². The van der Waals surface area contributed by atoms with Gasteiger partial charge >= 0.3 is 6.55 Å². The van der Waals surface area contributed by atoms with Crippen molar-refractivity contribution in [3.05, 3.63) is 59.4 Å². The normalized spacial score (nSPS) is 10.9. The predicted molar refractivity (Wildman–Crippen MR) is 90.3 cm³/mol. The number of hydrogen-bond donors (Lipinski definition) is 1. The van der Waals surface area contributed by atoms with Gasteiger partial charge in [-0.1, -0.05) is 0 Å². The van der Waals surface area contributed by atoms with E-state index in [4.69, 9.17) is 4.42 Å². The molecule has 2 amide bonds. The number of alkyl halides is 2. The molecule has 0 atom stereocenters. The van der Waals surface area contributed by atoms with Crippen molar-refractivity contribution in [2.45, 2.75) is 13.1 Å². The first-order valence-corrected chi connectivity index (χ1v) is 8.27. The number of amides is 2. The predicted octanol–water partition coefficient (Wildman–Crippen LogP) is 3.46. The van der Waals surface area contributed by atoms with Crippen molar-refractivity contribution in [3.8, 4) is 0 Å². The van der Waals surface area contributed by atoms with Crippen LogP contribution in [0.15, 0.2) is 47.3 Å². The van der Waals surface area contributed by atoms with Crippen molar-refractivity contribution >= 4 is 28.2 Å². The third-order valence-electron chi connectivity index (χ3n) is 3.48. The fourth-order valence-corrected chi connectivity index (χ4v) is 3.11. The SMILES string of the molecule is CN(Cc1nccn1C(F)F)C(=O)c1ccc(NC(=O)c2ccco2)s1. The largest absolute Gasteiger partial charge is 0.459 e. The Morgan fingerprint density at radius 2 is 2.19 bits per heavy atom. The summed E-state index contributed by atoms with van der Waals surface area (Å²) in [4.78, 5) is 29.9. The molecule has 0 fully saturated rings. The summed E-state index contributed by atoms with van der Waals surface area (Å²) >= 11 is 1.08. The average molecular weight is 380 g/mol. The monoisotopic (exact) mass is 380 g/mol. The third-order valence-corrected chi connectivity index (χ3v) is 4.47. The molecule has 0 saturated carbocycles. The molecule has 7 nitrogen and oxygen atoms in total. The summed E-state index contributed by atoms with van der Waals surface area (Å²) in [7, 11) is 1.49. The second-order valence-electron chi connectivity index (χ2n) is 5.28. The summed E-state index contributed by atoms with van der Waals surface area (Å²) in [5, 5.41) is 3.10. The molecule has 0 aliphatic carbocycles. The summed E-state index contributed by atoms with van der Waals surface area (Å²) in [6, 6.07) is 6.26. The van der Waals surface area contributed by atoms with Crippen LogP contribution < -0.4 is 5.32 Å². The van der Waals surface area contributed by atoms with Gasteiger partial charge in [0.15, 0.2) is 5.76 Å². The minimum atomic E-state index is -2.72. The van der Waals surface area contributed by atoms with Crippen molar-refractivity contribution < 1.29 is 22.8 Å². The van der Waals surface area contributed by atoms with Gasteiger partial charge in [-0.2, -0.15) is 8.78 Å². The Kier molecular flexibility index (Phi) is 5.12. The number of nitrogens with zero attached hydrogens (tertiary/aromatic N) is 3. The van der Waals surface area contributed by atoms with E-state index >= 15 is 0 Å². The number of hydrogen-bond acceptors (Lipinski definition) is 5. The maximum absolute atomic E-state index is 12.9. The zero-order chi connectivity index (χ0) is 18.7. The van der Waals surface area contributed by atoms with E-state index in [1.165, 1.54) is 30.5 Å². The Morgan fingerprint density at radius 1 is 1.38 bits per heavy atom. The van der Waals surface area contributed by atoms with Gasteiger partial charge < -0.3 is 14.6 Å². The number of carbonyl (C=O) groups is 2. The molecule has 3 aromatic heterocycles. The highest BCUT2D eigenvalue weighted by molar-refractivity contribution is 7.18. The van der Waals surface area contributed by atoms with Crippen LogP contribution in [0.3, 0.4) is 0 Å². The number of carbonyl (C=O) groups excluding carboxylic acids is 2. The molecule has 136 valence electrons. The Bertz CT molecular complexity index is 904. The molecule has 0 aliphatic rings. The maximum atomic E-state index is 12.9. The molecule has 0 unspecified atom stereocenters. The molecule has 0 aromatic carbocycles. The molecular formula is C16H14F2N4O3S. The zero-order valence-electron chi connectivity index (χ0n) is 13.6. The quantitative estimate of drug-likeness (QED) is 0.710. The Balaban J connectivity index is 1.65. The zero-order valence-corrected chi connectivity index (χ0v) is 14.4. The van der Waals surface area contributed by atoms with Crippen LogP contribution in [0.5, 0.6) is 0 Å². The molecule has 3 heterocycles. The highest BCUT2D eigenvalue weighted by Crippen LogP contribution is 2.24. The van der Waals surface area contributed by atoms with E-state index in [2.05, 4.69) is 10.3 Å². The van der Waals surface area contributed by atoms with E-state index in [9.17, 15) is 18.4 Å². The van der Waals surface area contributed by atoms with Crippen molar-refractivity contribution in [2.24, 2.45) is 0 Å². The van der Waals surface area contributed by atoms with E-state index in [-0.39, 0.29) is 24.0 Å². The Labute approximate surface area is 150 Å². The molecule has 0 radical (unpaired) electrons. The van der Waals surface area contributed by atoms with Gasteiger partial charge in [0.25, 0.3) is 11.8 Å².